The van der Waals surface area contributed by atoms with E-state index in [9.17, 15) is 23.2 Å². The lowest BCUT2D eigenvalue weighted by atomic mass is 10.0. The Morgan fingerprint density at radius 1 is 1.10 bits per heavy atom. The van der Waals surface area contributed by atoms with E-state index >= 15 is 0 Å². The first-order valence-corrected chi connectivity index (χ1v) is 14.8. The van der Waals surface area contributed by atoms with Crippen molar-refractivity contribution >= 4 is 45.0 Å². The van der Waals surface area contributed by atoms with Crippen molar-refractivity contribution in [2.75, 3.05) is 26.3 Å². The summed E-state index contributed by atoms with van der Waals surface area (Å²) in [7, 11) is 0. The third-order valence-electron chi connectivity index (χ3n) is 7.68. The molecule has 1 aliphatic carbocycles. The van der Waals surface area contributed by atoms with Gasteiger partial charge in [-0.3, -0.25) is 14.4 Å². The number of likely N-dealkylation sites (tertiary alicyclic amines) is 1. The van der Waals surface area contributed by atoms with Crippen LogP contribution in [0.4, 0.5) is 8.78 Å². The second-order valence-corrected chi connectivity index (χ2v) is 12.2. The number of amides is 3. The second-order valence-electron chi connectivity index (χ2n) is 10.3. The highest BCUT2D eigenvalue weighted by Gasteiger charge is 2.52. The number of hydrogen-bond donors (Lipinski definition) is 2. The van der Waals surface area contributed by atoms with Crippen LogP contribution in [0.25, 0.3) is 11.1 Å². The van der Waals surface area contributed by atoms with Gasteiger partial charge >= 0.3 is 0 Å². The molecule has 0 unspecified atom stereocenters. The molecule has 2 N–H and O–H groups in total. The molecule has 3 heterocycles. The Labute approximate surface area is 247 Å². The molecule has 2 atom stereocenters. The topological polar surface area (TPSA) is 97.0 Å². The van der Waals surface area contributed by atoms with Crippen molar-refractivity contribution in [3.63, 3.8) is 0 Å². The number of ether oxygens (including phenoxy) is 2. The first-order chi connectivity index (χ1) is 19.6. The van der Waals surface area contributed by atoms with Crippen molar-refractivity contribution < 1.29 is 32.6 Å². The van der Waals surface area contributed by atoms with Crippen molar-refractivity contribution in [2.24, 2.45) is 0 Å². The van der Waals surface area contributed by atoms with Gasteiger partial charge in [-0.05, 0) is 52.2 Å². The maximum atomic E-state index is 14.9. The molecule has 214 valence electrons. The number of halogens is 3. The van der Waals surface area contributed by atoms with Gasteiger partial charge in [0.25, 0.3) is 11.8 Å². The minimum absolute atomic E-state index is 0.0451. The predicted molar refractivity (Wildman–Crippen MR) is 151 cm³/mol. The van der Waals surface area contributed by atoms with E-state index in [1.54, 1.807) is 18.2 Å². The molecule has 2 aromatic carbocycles. The fourth-order valence-electron chi connectivity index (χ4n) is 5.66. The van der Waals surface area contributed by atoms with Crippen LogP contribution in [-0.4, -0.2) is 60.8 Å². The van der Waals surface area contributed by atoms with Crippen LogP contribution in [0.1, 0.15) is 45.7 Å². The van der Waals surface area contributed by atoms with E-state index in [0.717, 1.165) is 9.35 Å². The van der Waals surface area contributed by atoms with Gasteiger partial charge in [0.2, 0.25) is 11.8 Å². The number of benzene rings is 2. The van der Waals surface area contributed by atoms with Crippen molar-refractivity contribution in [1.82, 2.24) is 15.5 Å². The lowest BCUT2D eigenvalue weighted by Gasteiger charge is -2.25. The molecule has 2 saturated heterocycles. The van der Waals surface area contributed by atoms with Crippen LogP contribution in [0.15, 0.2) is 58.4 Å². The Bertz CT molecular complexity index is 1540. The predicted octanol–water partition coefficient (Wildman–Crippen LogP) is 4.58. The fourth-order valence-corrected chi connectivity index (χ4v) is 7.11. The number of nitrogens with one attached hydrogen (secondary N) is 2. The van der Waals surface area contributed by atoms with Crippen LogP contribution < -0.4 is 10.6 Å². The quantitative estimate of drug-likeness (QED) is 0.409. The standard InChI is InChI=1S/C29H26BrF2N3O5S/c1-16(24-11-18(30)14-41-24)34-27(38)23-12-28(39-8-9-40-28)15-35(23)25(36)13-33-26(37)17-6-7-22-20(10-17)19-4-2-3-5-21(19)29(22,31)32/h2-7,10-11,14,16,23H,8-9,12-13,15H2,1H3,(H,33,37)(H,34,38)/t16-,23+/m1/s1. The third kappa shape index (κ3) is 5.07. The van der Waals surface area contributed by atoms with Crippen molar-refractivity contribution in [3.05, 3.63) is 80.0 Å². The molecule has 3 aromatic rings. The average molecular weight is 647 g/mol. The smallest absolute Gasteiger partial charge is 0.299 e. The van der Waals surface area contributed by atoms with Crippen LogP contribution >= 0.6 is 27.3 Å². The van der Waals surface area contributed by atoms with Gasteiger partial charge in [-0.25, -0.2) is 0 Å². The largest absolute Gasteiger partial charge is 0.347 e. The fraction of sp³-hybridized carbons (Fsp3) is 0.345. The molecule has 2 aliphatic heterocycles. The van der Waals surface area contributed by atoms with Gasteiger partial charge in [0.1, 0.15) is 6.04 Å². The van der Waals surface area contributed by atoms with Gasteiger partial charge in [-0.1, -0.05) is 30.3 Å². The van der Waals surface area contributed by atoms with Gasteiger partial charge in [0.15, 0.2) is 5.79 Å². The summed E-state index contributed by atoms with van der Waals surface area (Å²) in [5, 5.41) is 7.48. The lowest BCUT2D eigenvalue weighted by molar-refractivity contribution is -0.152. The van der Waals surface area contributed by atoms with E-state index in [1.165, 1.54) is 40.5 Å². The van der Waals surface area contributed by atoms with Gasteiger partial charge in [-0.2, -0.15) is 8.78 Å². The zero-order valence-corrected chi connectivity index (χ0v) is 24.3. The van der Waals surface area contributed by atoms with Gasteiger partial charge in [0.05, 0.1) is 32.3 Å². The molecular formula is C29H26BrF2N3O5S. The highest BCUT2D eigenvalue weighted by molar-refractivity contribution is 9.10. The SMILES string of the molecule is C[C@@H](NC(=O)[C@@H]1CC2(CN1C(=O)CNC(=O)c1ccc3c(c1)-c1ccccc1C3(F)F)OCCO2)c1cc(Br)cs1. The van der Waals surface area contributed by atoms with Crippen LogP contribution in [0.5, 0.6) is 0 Å². The highest BCUT2D eigenvalue weighted by Crippen LogP contribution is 2.51. The molecule has 0 saturated carbocycles. The van der Waals surface area contributed by atoms with Crippen LogP contribution in [0, 0.1) is 0 Å². The number of alkyl halides is 2. The number of thiophene rings is 1. The monoisotopic (exact) mass is 645 g/mol. The molecule has 0 radical (unpaired) electrons. The van der Waals surface area contributed by atoms with Crippen molar-refractivity contribution in [2.45, 2.75) is 37.1 Å². The first kappa shape index (κ1) is 28.0. The Balaban J connectivity index is 1.15. The number of hydrogen-bond acceptors (Lipinski definition) is 6. The first-order valence-electron chi connectivity index (χ1n) is 13.1. The van der Waals surface area contributed by atoms with E-state index in [4.69, 9.17) is 9.47 Å². The molecule has 0 bridgehead atoms. The average Bonchev–Trinajstić information content (AvgIpc) is 3.74. The molecule has 1 aromatic heterocycles. The summed E-state index contributed by atoms with van der Waals surface area (Å²) in [6.45, 7) is 2.22. The van der Waals surface area contributed by atoms with E-state index in [-0.39, 0.29) is 47.2 Å². The summed E-state index contributed by atoms with van der Waals surface area (Å²) in [5.41, 5.74) is 0.533. The van der Waals surface area contributed by atoms with E-state index in [2.05, 4.69) is 26.6 Å². The Morgan fingerprint density at radius 3 is 2.56 bits per heavy atom. The normalized spacial score (nSPS) is 20.5. The Kier molecular flexibility index (Phi) is 7.21. The number of nitrogens with zero attached hydrogens (tertiary/aromatic N) is 1. The van der Waals surface area contributed by atoms with E-state index in [0.29, 0.717) is 18.8 Å². The summed E-state index contributed by atoms with van der Waals surface area (Å²) in [6.07, 6.45) is 0.165. The Morgan fingerprint density at radius 2 is 1.83 bits per heavy atom. The molecule has 41 heavy (non-hydrogen) atoms. The van der Waals surface area contributed by atoms with Crippen LogP contribution in [0.2, 0.25) is 0 Å². The summed E-state index contributed by atoms with van der Waals surface area (Å²) in [4.78, 5) is 42.0. The molecule has 2 fully saturated rings. The summed E-state index contributed by atoms with van der Waals surface area (Å²) in [5.74, 6) is -5.65. The Hall–Kier alpha value is -3.19. The zero-order valence-electron chi connectivity index (χ0n) is 21.9. The van der Waals surface area contributed by atoms with E-state index in [1.807, 2.05) is 18.4 Å². The van der Waals surface area contributed by atoms with Gasteiger partial charge < -0.3 is 25.0 Å². The van der Waals surface area contributed by atoms with Gasteiger partial charge in [0, 0.05) is 37.8 Å². The third-order valence-corrected chi connectivity index (χ3v) is 9.55. The van der Waals surface area contributed by atoms with E-state index < -0.39 is 36.1 Å². The molecule has 6 rings (SSSR count). The van der Waals surface area contributed by atoms with Crippen LogP contribution in [0.3, 0.4) is 0 Å². The van der Waals surface area contributed by atoms with Crippen molar-refractivity contribution in [1.29, 1.82) is 0 Å². The molecule has 3 aliphatic rings. The molecule has 1 spiro atoms. The zero-order chi connectivity index (χ0) is 28.9. The summed E-state index contributed by atoms with van der Waals surface area (Å²) in [6, 6.07) is 11.0. The number of rotatable bonds is 6. The van der Waals surface area contributed by atoms with Gasteiger partial charge in [-0.15, -0.1) is 11.3 Å². The maximum Gasteiger partial charge on any atom is 0.299 e. The minimum atomic E-state index is -3.15. The van der Waals surface area contributed by atoms with Crippen LogP contribution in [-0.2, 0) is 25.0 Å². The highest BCUT2D eigenvalue weighted by atomic mass is 79.9. The molecule has 8 nitrogen and oxygen atoms in total. The summed E-state index contributed by atoms with van der Waals surface area (Å²) >= 11 is 4.92. The maximum absolute atomic E-state index is 14.9. The molecule has 3 amide bonds. The number of carbonyl (C=O) groups is 3. The van der Waals surface area contributed by atoms with Crippen molar-refractivity contribution in [3.8, 4) is 11.1 Å². The minimum Gasteiger partial charge on any atom is -0.347 e. The molecule has 12 heteroatoms. The second kappa shape index (κ2) is 10.6. The number of carbonyl (C=O) groups excluding carboxylic acids is 3. The number of fused-ring (bicyclic) bond motifs is 3. The summed E-state index contributed by atoms with van der Waals surface area (Å²) < 4.78 is 42.3. The molecular weight excluding hydrogens is 620 g/mol. The lowest BCUT2D eigenvalue weighted by Crippen LogP contribution is -2.49.